The Morgan fingerprint density at radius 1 is 1.18 bits per heavy atom. The number of aromatic nitrogens is 1. The van der Waals surface area contributed by atoms with Gasteiger partial charge in [-0.15, -0.1) is 0 Å². The fourth-order valence-electron chi connectivity index (χ4n) is 2.16. The Hall–Kier alpha value is -1.83. The van der Waals surface area contributed by atoms with Crippen LogP contribution < -0.4 is 16.0 Å². The van der Waals surface area contributed by atoms with Crippen molar-refractivity contribution in [2.24, 2.45) is 0 Å². The molecule has 4 amide bonds. The highest BCUT2D eigenvalue weighted by atomic mass is 32.1. The molecule has 0 fully saturated rings. The van der Waals surface area contributed by atoms with Crippen LogP contribution in [0.15, 0.2) is 0 Å². The van der Waals surface area contributed by atoms with E-state index in [0.29, 0.717) is 24.6 Å². The van der Waals surface area contributed by atoms with E-state index in [-0.39, 0.29) is 24.1 Å². The lowest BCUT2D eigenvalue weighted by atomic mass is 10.2. The Morgan fingerprint density at radius 3 is 2.50 bits per heavy atom. The van der Waals surface area contributed by atoms with Crippen LogP contribution in [-0.4, -0.2) is 40.6 Å². The molecule has 0 unspecified atom stereocenters. The lowest BCUT2D eigenvalue weighted by Crippen LogP contribution is -2.44. The van der Waals surface area contributed by atoms with Crippen LogP contribution in [0, 0.1) is 0 Å². The number of urea groups is 2. The first-order valence-electron chi connectivity index (χ1n) is 7.46. The molecule has 3 N–H and O–H groups in total. The lowest BCUT2D eigenvalue weighted by Gasteiger charge is -2.27. The van der Waals surface area contributed by atoms with Crippen LogP contribution in [0.4, 0.5) is 14.7 Å². The second kappa shape index (κ2) is 6.95. The van der Waals surface area contributed by atoms with Crippen molar-refractivity contribution in [3.8, 4) is 0 Å². The maximum atomic E-state index is 12.0. The molecule has 2 heterocycles. The van der Waals surface area contributed by atoms with Crippen LogP contribution in [0.5, 0.6) is 0 Å². The number of anilines is 1. The van der Waals surface area contributed by atoms with Gasteiger partial charge in [-0.1, -0.05) is 11.3 Å². The normalized spacial score (nSPS) is 14.0. The summed E-state index contributed by atoms with van der Waals surface area (Å²) in [6, 6.07) is -0.117. The lowest BCUT2D eigenvalue weighted by molar-refractivity contribution is 0.190. The average Bonchev–Trinajstić information content (AvgIpc) is 2.77. The molecule has 0 saturated heterocycles. The zero-order valence-corrected chi connectivity index (χ0v) is 14.2. The van der Waals surface area contributed by atoms with Crippen molar-refractivity contribution in [2.45, 2.75) is 52.7 Å². The second-order valence-corrected chi connectivity index (χ2v) is 7.00. The largest absolute Gasteiger partial charge is 0.336 e. The van der Waals surface area contributed by atoms with Gasteiger partial charge in [-0.05, 0) is 27.7 Å². The third-order valence-corrected chi connectivity index (χ3v) is 4.07. The smallest absolute Gasteiger partial charge is 0.321 e. The Morgan fingerprint density at radius 2 is 1.86 bits per heavy atom. The predicted octanol–water partition coefficient (Wildman–Crippen LogP) is 2.15. The van der Waals surface area contributed by atoms with E-state index in [1.54, 1.807) is 4.90 Å². The molecule has 22 heavy (non-hydrogen) atoms. The van der Waals surface area contributed by atoms with Crippen LogP contribution in [0.3, 0.4) is 0 Å². The summed E-state index contributed by atoms with van der Waals surface area (Å²) in [5.74, 6) is 0. The monoisotopic (exact) mass is 325 g/mol. The van der Waals surface area contributed by atoms with E-state index in [4.69, 9.17) is 0 Å². The number of rotatable bonds is 3. The van der Waals surface area contributed by atoms with Crippen molar-refractivity contribution in [3.05, 3.63) is 10.6 Å². The van der Waals surface area contributed by atoms with Crippen molar-refractivity contribution in [3.63, 3.8) is 0 Å². The molecular weight excluding hydrogens is 302 g/mol. The highest BCUT2D eigenvalue weighted by Crippen LogP contribution is 2.28. The molecule has 1 aromatic rings. The van der Waals surface area contributed by atoms with Crippen molar-refractivity contribution < 1.29 is 9.59 Å². The van der Waals surface area contributed by atoms with E-state index in [2.05, 4.69) is 20.9 Å². The van der Waals surface area contributed by atoms with Gasteiger partial charge in [0.15, 0.2) is 5.13 Å². The molecular formula is C14H23N5O2S. The van der Waals surface area contributed by atoms with Crippen LogP contribution in [0.25, 0.3) is 0 Å². The first-order valence-corrected chi connectivity index (χ1v) is 8.28. The summed E-state index contributed by atoms with van der Waals surface area (Å²) in [6.45, 7) is 8.87. The van der Waals surface area contributed by atoms with Gasteiger partial charge in [-0.25, -0.2) is 14.6 Å². The third kappa shape index (κ3) is 4.33. The Kier molecular flexibility index (Phi) is 5.23. The number of hydrogen-bond donors (Lipinski definition) is 3. The van der Waals surface area contributed by atoms with E-state index in [1.165, 1.54) is 11.3 Å². The standard InChI is InChI=1S/C14H23N5O2S/c1-8(2)15-12(20)18-13-17-10-5-6-19(7-11(10)22-13)14(21)16-9(3)4/h8-9H,5-7H2,1-4H3,(H,16,21)(H2,15,17,18,20). The summed E-state index contributed by atoms with van der Waals surface area (Å²) < 4.78 is 0. The van der Waals surface area contributed by atoms with Crippen molar-refractivity contribution in [2.75, 3.05) is 11.9 Å². The van der Waals surface area contributed by atoms with Gasteiger partial charge in [0, 0.05) is 29.9 Å². The van der Waals surface area contributed by atoms with Gasteiger partial charge < -0.3 is 15.5 Å². The Bertz CT molecular complexity index is 555. The highest BCUT2D eigenvalue weighted by Gasteiger charge is 2.24. The van der Waals surface area contributed by atoms with Crippen LogP contribution in [0.1, 0.15) is 38.3 Å². The van der Waals surface area contributed by atoms with E-state index in [9.17, 15) is 9.59 Å². The third-order valence-electron chi connectivity index (χ3n) is 3.07. The summed E-state index contributed by atoms with van der Waals surface area (Å²) in [4.78, 5) is 31.0. The van der Waals surface area contributed by atoms with Gasteiger partial charge in [0.2, 0.25) is 0 Å². The Labute approximate surface area is 134 Å². The quantitative estimate of drug-likeness (QED) is 0.796. The summed E-state index contributed by atoms with van der Waals surface area (Å²) in [5.41, 5.74) is 0.971. The molecule has 0 saturated carbocycles. The number of nitrogens with one attached hydrogen (secondary N) is 3. The van der Waals surface area contributed by atoms with Gasteiger partial charge in [0.05, 0.1) is 12.2 Å². The molecule has 1 aliphatic rings. The molecule has 0 aromatic carbocycles. The van der Waals surface area contributed by atoms with Gasteiger partial charge in [-0.3, -0.25) is 5.32 Å². The van der Waals surface area contributed by atoms with Crippen LogP contribution in [0.2, 0.25) is 0 Å². The van der Waals surface area contributed by atoms with E-state index in [1.807, 2.05) is 27.7 Å². The number of amides is 4. The van der Waals surface area contributed by atoms with Gasteiger partial charge in [0.1, 0.15) is 0 Å². The number of thiazole rings is 1. The summed E-state index contributed by atoms with van der Waals surface area (Å²) in [7, 11) is 0. The minimum atomic E-state index is -0.254. The number of carbonyl (C=O) groups is 2. The summed E-state index contributed by atoms with van der Waals surface area (Å²) >= 11 is 1.43. The molecule has 1 aromatic heterocycles. The average molecular weight is 325 g/mol. The zero-order valence-electron chi connectivity index (χ0n) is 13.4. The second-order valence-electron chi connectivity index (χ2n) is 5.92. The first-order chi connectivity index (χ1) is 10.3. The zero-order chi connectivity index (χ0) is 16.3. The molecule has 1 aliphatic heterocycles. The van der Waals surface area contributed by atoms with E-state index >= 15 is 0 Å². The van der Waals surface area contributed by atoms with E-state index < -0.39 is 0 Å². The molecule has 0 spiro atoms. The Balaban J connectivity index is 1.98. The fraction of sp³-hybridized carbons (Fsp3) is 0.643. The molecule has 8 heteroatoms. The fourth-order valence-corrected chi connectivity index (χ4v) is 3.17. The SMILES string of the molecule is CC(C)NC(=O)Nc1nc2c(s1)CN(C(=O)NC(C)C)CC2. The topological polar surface area (TPSA) is 86.4 Å². The number of carbonyl (C=O) groups excluding carboxylic acids is 2. The van der Waals surface area contributed by atoms with Crippen LogP contribution in [-0.2, 0) is 13.0 Å². The minimum Gasteiger partial charge on any atom is -0.336 e. The number of fused-ring (bicyclic) bond motifs is 1. The van der Waals surface area contributed by atoms with Crippen molar-refractivity contribution >= 4 is 28.5 Å². The van der Waals surface area contributed by atoms with Crippen molar-refractivity contribution in [1.82, 2.24) is 20.5 Å². The maximum absolute atomic E-state index is 12.0. The van der Waals surface area contributed by atoms with Gasteiger partial charge in [0.25, 0.3) is 0 Å². The molecule has 0 atom stereocenters. The molecule has 0 bridgehead atoms. The highest BCUT2D eigenvalue weighted by molar-refractivity contribution is 7.15. The molecule has 122 valence electrons. The molecule has 7 nitrogen and oxygen atoms in total. The number of nitrogens with zero attached hydrogens (tertiary/aromatic N) is 2. The molecule has 2 rings (SSSR count). The van der Waals surface area contributed by atoms with Gasteiger partial charge >= 0.3 is 12.1 Å². The molecule has 0 radical (unpaired) electrons. The summed E-state index contributed by atoms with van der Waals surface area (Å²) in [5, 5.41) is 8.98. The predicted molar refractivity (Wildman–Crippen MR) is 87.2 cm³/mol. The van der Waals surface area contributed by atoms with E-state index in [0.717, 1.165) is 10.6 Å². The number of hydrogen-bond acceptors (Lipinski definition) is 4. The first kappa shape index (κ1) is 16.5. The summed E-state index contributed by atoms with van der Waals surface area (Å²) in [6.07, 6.45) is 0.713. The van der Waals surface area contributed by atoms with Crippen molar-refractivity contribution in [1.29, 1.82) is 0 Å². The van der Waals surface area contributed by atoms with Gasteiger partial charge in [-0.2, -0.15) is 0 Å². The van der Waals surface area contributed by atoms with Crippen LogP contribution >= 0.6 is 11.3 Å². The minimum absolute atomic E-state index is 0.0545. The molecule has 0 aliphatic carbocycles. The maximum Gasteiger partial charge on any atom is 0.321 e.